The molecule has 2 N–H and O–H groups in total. The van der Waals surface area contributed by atoms with Gasteiger partial charge in [-0.2, -0.15) is 0 Å². The highest BCUT2D eigenvalue weighted by molar-refractivity contribution is 6.06. The number of anilines is 2. The lowest BCUT2D eigenvalue weighted by Gasteiger charge is -2.33. The van der Waals surface area contributed by atoms with Gasteiger partial charge in [0.05, 0.1) is 11.4 Å². The Balaban J connectivity index is 2.55. The third-order valence-electron chi connectivity index (χ3n) is 2.99. The number of benzene rings is 1. The van der Waals surface area contributed by atoms with Gasteiger partial charge in [-0.05, 0) is 44.9 Å². The van der Waals surface area contributed by atoms with Crippen molar-refractivity contribution in [3.8, 4) is 0 Å². The first-order chi connectivity index (χ1) is 6.92. The van der Waals surface area contributed by atoms with E-state index in [1.165, 1.54) is 5.56 Å². The van der Waals surface area contributed by atoms with E-state index in [4.69, 9.17) is 0 Å². The van der Waals surface area contributed by atoms with E-state index in [1.807, 2.05) is 33.8 Å². The molecule has 0 radical (unpaired) electrons. The van der Waals surface area contributed by atoms with E-state index in [2.05, 4.69) is 16.7 Å². The highest BCUT2D eigenvalue weighted by Crippen LogP contribution is 2.34. The fourth-order valence-corrected chi connectivity index (χ4v) is 1.74. The summed E-state index contributed by atoms with van der Waals surface area (Å²) >= 11 is 0. The van der Waals surface area contributed by atoms with Gasteiger partial charge in [-0.15, -0.1) is 0 Å². The van der Waals surface area contributed by atoms with Gasteiger partial charge in [0, 0.05) is 0 Å². The highest BCUT2D eigenvalue weighted by atomic mass is 16.2. The Labute approximate surface area is 89.9 Å². The lowest BCUT2D eigenvalue weighted by Crippen LogP contribution is -2.47. The monoisotopic (exact) mass is 204 g/mol. The molecule has 0 fully saturated rings. The fourth-order valence-electron chi connectivity index (χ4n) is 1.74. The van der Waals surface area contributed by atoms with Crippen molar-refractivity contribution in [3.63, 3.8) is 0 Å². The summed E-state index contributed by atoms with van der Waals surface area (Å²) in [5, 5.41) is 6.20. The van der Waals surface area contributed by atoms with Crippen LogP contribution in [-0.4, -0.2) is 11.4 Å². The number of nitrogens with one attached hydrogen (secondary N) is 2. The van der Waals surface area contributed by atoms with Gasteiger partial charge in [-0.25, -0.2) is 0 Å². The Hall–Kier alpha value is -1.51. The van der Waals surface area contributed by atoms with Crippen LogP contribution in [0.2, 0.25) is 0 Å². The van der Waals surface area contributed by atoms with Crippen LogP contribution in [0.15, 0.2) is 12.1 Å². The molecule has 3 heteroatoms. The number of carbonyl (C=O) groups is 1. The van der Waals surface area contributed by atoms with Crippen molar-refractivity contribution in [2.75, 3.05) is 10.6 Å². The van der Waals surface area contributed by atoms with E-state index < -0.39 is 5.54 Å². The van der Waals surface area contributed by atoms with Crippen molar-refractivity contribution in [2.45, 2.75) is 33.2 Å². The Bertz CT molecular complexity index is 435. The first-order valence-electron chi connectivity index (χ1n) is 5.11. The van der Waals surface area contributed by atoms with E-state index in [0.717, 1.165) is 16.9 Å². The Morgan fingerprint density at radius 2 is 1.87 bits per heavy atom. The number of hydrogen-bond acceptors (Lipinski definition) is 2. The zero-order valence-electron chi connectivity index (χ0n) is 9.56. The molecule has 1 aliphatic heterocycles. The zero-order chi connectivity index (χ0) is 11.2. The molecule has 0 aliphatic carbocycles. The number of carbonyl (C=O) groups excluding carboxylic acids is 1. The molecule has 0 spiro atoms. The maximum atomic E-state index is 11.8. The van der Waals surface area contributed by atoms with Gasteiger partial charge in [-0.3, -0.25) is 4.79 Å². The van der Waals surface area contributed by atoms with Gasteiger partial charge in [0.2, 0.25) is 5.91 Å². The quantitative estimate of drug-likeness (QED) is 0.681. The molecule has 0 saturated carbocycles. The summed E-state index contributed by atoms with van der Waals surface area (Å²) in [5.41, 5.74) is 3.70. The lowest BCUT2D eigenvalue weighted by atomic mass is 9.97. The van der Waals surface area contributed by atoms with E-state index in [1.54, 1.807) is 0 Å². The van der Waals surface area contributed by atoms with E-state index >= 15 is 0 Å². The maximum absolute atomic E-state index is 11.8. The van der Waals surface area contributed by atoms with E-state index in [9.17, 15) is 4.79 Å². The second-order valence-corrected chi connectivity index (χ2v) is 4.63. The predicted octanol–water partition coefficient (Wildman–Crippen LogP) is 2.45. The topological polar surface area (TPSA) is 41.1 Å². The Kier molecular flexibility index (Phi) is 2.00. The standard InChI is InChI=1S/C12H16N2O/c1-7-5-6-9-10(8(7)2)13-11(15)12(3,4)14-9/h5-6,14H,1-4H3,(H,13,15). The average Bonchev–Trinajstić information content (AvgIpc) is 2.15. The second kappa shape index (κ2) is 2.99. The molecule has 0 aromatic heterocycles. The molecule has 15 heavy (non-hydrogen) atoms. The van der Waals surface area contributed by atoms with Gasteiger partial charge < -0.3 is 10.6 Å². The third kappa shape index (κ3) is 1.48. The maximum Gasteiger partial charge on any atom is 0.249 e. The normalized spacial score (nSPS) is 17.7. The van der Waals surface area contributed by atoms with Crippen molar-refractivity contribution in [2.24, 2.45) is 0 Å². The van der Waals surface area contributed by atoms with Gasteiger partial charge >= 0.3 is 0 Å². The van der Waals surface area contributed by atoms with Gasteiger partial charge in [-0.1, -0.05) is 6.07 Å². The van der Waals surface area contributed by atoms with Crippen LogP contribution >= 0.6 is 0 Å². The molecule has 0 saturated heterocycles. The summed E-state index contributed by atoms with van der Waals surface area (Å²) in [4.78, 5) is 11.8. The number of amides is 1. The molecular formula is C12H16N2O. The van der Waals surface area contributed by atoms with E-state index in [-0.39, 0.29) is 5.91 Å². The number of hydrogen-bond donors (Lipinski definition) is 2. The number of fused-ring (bicyclic) bond motifs is 1. The van der Waals surface area contributed by atoms with Crippen LogP contribution in [0.4, 0.5) is 11.4 Å². The second-order valence-electron chi connectivity index (χ2n) is 4.63. The molecular weight excluding hydrogens is 188 g/mol. The first-order valence-corrected chi connectivity index (χ1v) is 5.11. The summed E-state index contributed by atoms with van der Waals surface area (Å²) in [6, 6.07) is 4.08. The minimum Gasteiger partial charge on any atom is -0.370 e. The van der Waals surface area contributed by atoms with Crippen LogP contribution in [0.25, 0.3) is 0 Å². The van der Waals surface area contributed by atoms with Crippen molar-refractivity contribution in [3.05, 3.63) is 23.3 Å². The molecule has 1 aliphatic rings. The Morgan fingerprint density at radius 3 is 2.53 bits per heavy atom. The first kappa shape index (κ1) is 10.0. The molecule has 1 aromatic rings. The molecule has 1 aromatic carbocycles. The lowest BCUT2D eigenvalue weighted by molar-refractivity contribution is -0.119. The van der Waals surface area contributed by atoms with Gasteiger partial charge in [0.25, 0.3) is 0 Å². The van der Waals surface area contributed by atoms with E-state index in [0.29, 0.717) is 0 Å². The summed E-state index contributed by atoms with van der Waals surface area (Å²) in [6.07, 6.45) is 0. The number of rotatable bonds is 0. The predicted molar refractivity (Wildman–Crippen MR) is 62.2 cm³/mol. The fraction of sp³-hybridized carbons (Fsp3) is 0.417. The summed E-state index contributed by atoms with van der Waals surface area (Å²) in [6.45, 7) is 7.82. The summed E-state index contributed by atoms with van der Waals surface area (Å²) in [7, 11) is 0. The van der Waals surface area contributed by atoms with Crippen molar-refractivity contribution in [1.82, 2.24) is 0 Å². The molecule has 0 atom stereocenters. The minimum atomic E-state index is -0.533. The van der Waals surface area contributed by atoms with Crippen LogP contribution in [0.1, 0.15) is 25.0 Å². The van der Waals surface area contributed by atoms with Crippen LogP contribution in [0.5, 0.6) is 0 Å². The third-order valence-corrected chi connectivity index (χ3v) is 2.99. The SMILES string of the molecule is Cc1ccc2c(c1C)NC(=O)C(C)(C)N2. The largest absolute Gasteiger partial charge is 0.370 e. The molecule has 0 unspecified atom stereocenters. The summed E-state index contributed by atoms with van der Waals surface area (Å²) in [5.74, 6) is 0.0173. The zero-order valence-corrected chi connectivity index (χ0v) is 9.56. The van der Waals surface area contributed by atoms with Crippen molar-refractivity contribution >= 4 is 17.3 Å². The molecule has 3 nitrogen and oxygen atoms in total. The van der Waals surface area contributed by atoms with Crippen molar-refractivity contribution < 1.29 is 4.79 Å². The average molecular weight is 204 g/mol. The van der Waals surface area contributed by atoms with Crippen LogP contribution in [0, 0.1) is 13.8 Å². The van der Waals surface area contributed by atoms with Gasteiger partial charge in [0.15, 0.2) is 0 Å². The molecule has 80 valence electrons. The van der Waals surface area contributed by atoms with Crippen LogP contribution in [0.3, 0.4) is 0 Å². The minimum absolute atomic E-state index is 0.0173. The molecule has 1 amide bonds. The summed E-state index contributed by atoms with van der Waals surface area (Å²) < 4.78 is 0. The van der Waals surface area contributed by atoms with Crippen LogP contribution in [-0.2, 0) is 4.79 Å². The van der Waals surface area contributed by atoms with Gasteiger partial charge in [0.1, 0.15) is 5.54 Å². The highest BCUT2D eigenvalue weighted by Gasteiger charge is 2.33. The molecule has 2 rings (SSSR count). The number of aryl methyl sites for hydroxylation is 1. The molecule has 0 bridgehead atoms. The smallest absolute Gasteiger partial charge is 0.249 e. The Morgan fingerprint density at radius 1 is 1.20 bits per heavy atom. The molecule has 1 heterocycles. The van der Waals surface area contributed by atoms with Crippen molar-refractivity contribution in [1.29, 1.82) is 0 Å². The van der Waals surface area contributed by atoms with Crippen LogP contribution < -0.4 is 10.6 Å².